The summed E-state index contributed by atoms with van der Waals surface area (Å²) in [5, 5.41) is 21.4. The van der Waals surface area contributed by atoms with Gasteiger partial charge < -0.3 is 14.9 Å². The molecule has 2 rings (SSSR count). The average molecular weight is 693 g/mol. The zero-order valence-electron chi connectivity index (χ0n) is 32.3. The first-order chi connectivity index (χ1) is 24.4. The van der Waals surface area contributed by atoms with Crippen molar-refractivity contribution in [3.05, 3.63) is 52.8 Å². The molecular weight excluding hydrogens is 620 g/mol. The predicted molar refractivity (Wildman–Crippen MR) is 211 cm³/mol. The van der Waals surface area contributed by atoms with Gasteiger partial charge in [0.1, 0.15) is 11.5 Å². The number of unbranched alkanes of at least 4 members (excludes halogenated alkanes) is 23. The summed E-state index contributed by atoms with van der Waals surface area (Å²) in [6.45, 7) is 4.52. The number of aryl methyl sites for hydroxylation is 1. The highest BCUT2D eigenvalue weighted by Gasteiger charge is 2.32. The Morgan fingerprint density at radius 2 is 1.02 bits per heavy atom. The smallest absolute Gasteiger partial charge is 0.224 e. The molecule has 0 amide bonds. The number of allylic oxidation sites excluding steroid dienone is 5. The van der Waals surface area contributed by atoms with Crippen LogP contribution in [0.25, 0.3) is 5.57 Å². The number of hydrogen-bond donors (Lipinski definition) is 2. The number of carbonyl (C=O) groups excluding carboxylic acids is 2. The SMILES string of the molecule is CCCCCCCCC=CCCCCCCCC1=C(c2c(O)cc(O)cc2CCCCCCCCCCCCCCC)C(=O)C=C(OC)C1=O. The third kappa shape index (κ3) is 17.4. The fourth-order valence-electron chi connectivity index (χ4n) is 7.19. The maximum atomic E-state index is 13.5. The van der Waals surface area contributed by atoms with Crippen molar-refractivity contribution in [1.82, 2.24) is 0 Å². The highest BCUT2D eigenvalue weighted by Crippen LogP contribution is 2.40. The lowest BCUT2D eigenvalue weighted by Gasteiger charge is -2.22. The molecule has 0 unspecified atom stereocenters. The Balaban J connectivity index is 1.87. The summed E-state index contributed by atoms with van der Waals surface area (Å²) in [5.41, 5.74) is 1.81. The van der Waals surface area contributed by atoms with E-state index in [9.17, 15) is 19.8 Å². The van der Waals surface area contributed by atoms with Crippen LogP contribution in [-0.2, 0) is 20.7 Å². The van der Waals surface area contributed by atoms with Crippen LogP contribution in [0.1, 0.15) is 198 Å². The van der Waals surface area contributed by atoms with E-state index in [1.165, 1.54) is 135 Å². The van der Waals surface area contributed by atoms with Crippen molar-refractivity contribution in [3.63, 3.8) is 0 Å². The van der Waals surface area contributed by atoms with Gasteiger partial charge in [-0.3, -0.25) is 9.59 Å². The van der Waals surface area contributed by atoms with E-state index in [2.05, 4.69) is 26.0 Å². The molecule has 0 aliphatic heterocycles. The number of hydrogen-bond acceptors (Lipinski definition) is 5. The summed E-state index contributed by atoms with van der Waals surface area (Å²) in [6.07, 6.45) is 38.8. The number of ketones is 2. The number of phenolic OH excluding ortho intramolecular Hbond substituents is 2. The van der Waals surface area contributed by atoms with E-state index in [0.29, 0.717) is 24.0 Å². The van der Waals surface area contributed by atoms with E-state index < -0.39 is 0 Å². The van der Waals surface area contributed by atoms with Gasteiger partial charge in [-0.05, 0) is 63.0 Å². The van der Waals surface area contributed by atoms with Crippen molar-refractivity contribution >= 4 is 17.1 Å². The number of Topliss-reactive ketones (excluding diaryl/α,β-unsaturated/α-hetero) is 1. The number of rotatable bonds is 31. The second-order valence-corrected chi connectivity index (χ2v) is 14.6. The molecule has 0 heterocycles. The lowest BCUT2D eigenvalue weighted by Crippen LogP contribution is -2.20. The Morgan fingerprint density at radius 1 is 0.580 bits per heavy atom. The van der Waals surface area contributed by atoms with Gasteiger partial charge in [0.15, 0.2) is 11.5 Å². The zero-order valence-corrected chi connectivity index (χ0v) is 32.3. The molecule has 50 heavy (non-hydrogen) atoms. The number of carbonyl (C=O) groups is 2. The highest BCUT2D eigenvalue weighted by atomic mass is 16.5. The van der Waals surface area contributed by atoms with Crippen LogP contribution >= 0.6 is 0 Å². The fourth-order valence-corrected chi connectivity index (χ4v) is 7.19. The maximum absolute atomic E-state index is 13.5. The van der Waals surface area contributed by atoms with Gasteiger partial charge in [-0.2, -0.15) is 0 Å². The van der Waals surface area contributed by atoms with Gasteiger partial charge in [-0.1, -0.05) is 154 Å². The Kier molecular flexibility index (Phi) is 24.1. The van der Waals surface area contributed by atoms with Crippen LogP contribution in [0, 0.1) is 0 Å². The molecule has 282 valence electrons. The molecule has 1 aliphatic carbocycles. The van der Waals surface area contributed by atoms with Gasteiger partial charge in [-0.25, -0.2) is 0 Å². The molecule has 2 N–H and O–H groups in total. The van der Waals surface area contributed by atoms with E-state index in [0.717, 1.165) is 56.9 Å². The molecule has 0 bridgehead atoms. The van der Waals surface area contributed by atoms with Crippen molar-refractivity contribution in [2.75, 3.05) is 7.11 Å². The minimum absolute atomic E-state index is 0.0296. The average Bonchev–Trinajstić information content (AvgIpc) is 3.10. The molecule has 5 nitrogen and oxygen atoms in total. The summed E-state index contributed by atoms with van der Waals surface area (Å²) in [7, 11) is 1.42. The first-order valence-electron chi connectivity index (χ1n) is 20.7. The summed E-state index contributed by atoms with van der Waals surface area (Å²) in [6, 6.07) is 2.93. The van der Waals surface area contributed by atoms with E-state index in [1.54, 1.807) is 6.07 Å². The Labute approximate surface area is 306 Å². The third-order valence-electron chi connectivity index (χ3n) is 10.2. The predicted octanol–water partition coefficient (Wildman–Crippen LogP) is 13.2. The van der Waals surface area contributed by atoms with Crippen LogP contribution in [0.2, 0.25) is 0 Å². The highest BCUT2D eigenvalue weighted by molar-refractivity contribution is 6.37. The van der Waals surface area contributed by atoms with Crippen LogP contribution in [0.4, 0.5) is 0 Å². The molecule has 0 saturated heterocycles. The van der Waals surface area contributed by atoms with Crippen molar-refractivity contribution in [2.45, 2.75) is 194 Å². The number of aromatic hydroxyl groups is 2. The Hall–Kier alpha value is -2.82. The first kappa shape index (κ1) is 43.3. The van der Waals surface area contributed by atoms with Crippen molar-refractivity contribution < 1.29 is 24.5 Å². The van der Waals surface area contributed by atoms with Crippen LogP contribution < -0.4 is 0 Å². The van der Waals surface area contributed by atoms with Gasteiger partial charge in [0, 0.05) is 28.9 Å². The lowest BCUT2D eigenvalue weighted by molar-refractivity contribution is -0.117. The molecule has 5 heteroatoms. The van der Waals surface area contributed by atoms with Crippen LogP contribution in [0.15, 0.2) is 41.7 Å². The molecule has 1 aromatic rings. The normalized spacial score (nSPS) is 13.5. The monoisotopic (exact) mass is 693 g/mol. The topological polar surface area (TPSA) is 83.8 Å². The van der Waals surface area contributed by atoms with Gasteiger partial charge in [0.05, 0.1) is 7.11 Å². The second-order valence-electron chi connectivity index (χ2n) is 14.6. The quantitative estimate of drug-likeness (QED) is 0.0460. The van der Waals surface area contributed by atoms with E-state index >= 15 is 0 Å². The van der Waals surface area contributed by atoms with Gasteiger partial charge >= 0.3 is 0 Å². The van der Waals surface area contributed by atoms with Crippen molar-refractivity contribution in [3.8, 4) is 11.5 Å². The molecule has 0 fully saturated rings. The van der Waals surface area contributed by atoms with Crippen molar-refractivity contribution in [1.29, 1.82) is 0 Å². The molecule has 1 aromatic carbocycles. The summed E-state index contributed by atoms with van der Waals surface area (Å²) in [5.74, 6) is -0.730. The zero-order chi connectivity index (χ0) is 36.2. The second kappa shape index (κ2) is 27.8. The molecule has 0 radical (unpaired) electrons. The van der Waals surface area contributed by atoms with Crippen molar-refractivity contribution in [2.24, 2.45) is 0 Å². The van der Waals surface area contributed by atoms with E-state index in [1.807, 2.05) is 0 Å². The lowest BCUT2D eigenvalue weighted by atomic mass is 9.82. The Morgan fingerprint density at radius 3 is 1.50 bits per heavy atom. The van der Waals surface area contributed by atoms with Gasteiger partial charge in [0.2, 0.25) is 5.78 Å². The minimum Gasteiger partial charge on any atom is -0.508 e. The summed E-state index contributed by atoms with van der Waals surface area (Å²) < 4.78 is 5.30. The van der Waals surface area contributed by atoms with E-state index in [4.69, 9.17) is 4.74 Å². The minimum atomic E-state index is -0.322. The molecule has 0 atom stereocenters. The van der Waals surface area contributed by atoms with E-state index in [-0.39, 0.29) is 34.4 Å². The first-order valence-corrected chi connectivity index (χ1v) is 20.7. The summed E-state index contributed by atoms with van der Waals surface area (Å²) in [4.78, 5) is 27.0. The maximum Gasteiger partial charge on any atom is 0.224 e. The molecule has 0 saturated carbocycles. The molecule has 0 aromatic heterocycles. The number of methoxy groups -OCH3 is 1. The van der Waals surface area contributed by atoms with Crippen LogP contribution in [0.5, 0.6) is 11.5 Å². The van der Waals surface area contributed by atoms with Crippen LogP contribution in [-0.4, -0.2) is 28.9 Å². The number of phenols is 2. The molecule has 1 aliphatic rings. The van der Waals surface area contributed by atoms with Gasteiger partial charge in [-0.15, -0.1) is 0 Å². The largest absolute Gasteiger partial charge is 0.508 e. The van der Waals surface area contributed by atoms with Crippen LogP contribution in [0.3, 0.4) is 0 Å². The molecule has 0 spiro atoms. The summed E-state index contributed by atoms with van der Waals surface area (Å²) >= 11 is 0. The van der Waals surface area contributed by atoms with Gasteiger partial charge in [0.25, 0.3) is 0 Å². The Bertz CT molecular complexity index is 1190. The molecular formula is C45H72O5. The third-order valence-corrected chi connectivity index (χ3v) is 10.2. The number of ether oxygens (including phenoxy) is 1. The number of benzene rings is 1. The standard InChI is InChI=1S/C45H72O5/c1-4-6-8-10-12-14-16-18-19-21-23-25-27-29-31-33-39-44(41(48)36-42(50-3)45(39)49)43-37(34-38(46)35-40(43)47)32-30-28-26-24-22-20-17-15-13-11-9-7-5-2/h18-19,34-36,46-47H,4-17,20-33H2,1-3H3. The fraction of sp³-hybridized carbons (Fsp3) is 0.689.